The molecule has 0 saturated carbocycles. The van der Waals surface area contributed by atoms with E-state index < -0.39 is 0 Å². The molecule has 0 radical (unpaired) electrons. The van der Waals surface area contributed by atoms with Crippen LogP contribution in [0.3, 0.4) is 0 Å². The molecule has 1 fully saturated rings. The molecule has 2 heterocycles. The van der Waals surface area contributed by atoms with Gasteiger partial charge in [-0.15, -0.1) is 24.0 Å². The van der Waals surface area contributed by atoms with Gasteiger partial charge in [0.1, 0.15) is 11.6 Å². The Morgan fingerprint density at radius 1 is 1.15 bits per heavy atom. The fraction of sp³-hybridized carbons (Fsp3) is 0.440. The number of aromatic nitrogens is 2. The van der Waals surface area contributed by atoms with Crippen molar-refractivity contribution < 1.29 is 4.74 Å². The van der Waals surface area contributed by atoms with Crippen LogP contribution in [0.1, 0.15) is 36.7 Å². The highest BCUT2D eigenvalue weighted by molar-refractivity contribution is 14.0. The van der Waals surface area contributed by atoms with E-state index in [1.165, 1.54) is 18.4 Å². The predicted octanol–water partition coefficient (Wildman–Crippen LogP) is 4.12. The first kappa shape index (κ1) is 25.3. The zero-order valence-corrected chi connectivity index (χ0v) is 21.8. The van der Waals surface area contributed by atoms with Crippen molar-refractivity contribution in [3.05, 3.63) is 59.9 Å². The largest absolute Gasteiger partial charge is 0.497 e. The number of ether oxygens (including phenoxy) is 1. The lowest BCUT2D eigenvalue weighted by molar-refractivity contribution is 0.245. The molecule has 0 spiro atoms. The monoisotopic (exact) mass is 562 g/mol. The third-order valence-corrected chi connectivity index (χ3v) is 6.07. The topological polar surface area (TPSA) is 77.6 Å². The highest BCUT2D eigenvalue weighted by Crippen LogP contribution is 2.27. The Bertz CT molecular complexity index is 997. The molecule has 3 aromatic rings. The third-order valence-electron chi connectivity index (χ3n) is 6.07. The van der Waals surface area contributed by atoms with E-state index in [0.717, 1.165) is 67.6 Å². The van der Waals surface area contributed by atoms with Gasteiger partial charge in [-0.2, -0.15) is 0 Å². The lowest BCUT2D eigenvalue weighted by Gasteiger charge is -2.29. The zero-order chi connectivity index (χ0) is 22.2. The minimum Gasteiger partial charge on any atom is -0.497 e. The second kappa shape index (κ2) is 12.8. The number of H-pyrrole nitrogens is 1. The van der Waals surface area contributed by atoms with E-state index in [9.17, 15) is 0 Å². The number of aromatic amines is 1. The van der Waals surface area contributed by atoms with Crippen molar-refractivity contribution >= 4 is 41.0 Å². The van der Waals surface area contributed by atoms with Crippen LogP contribution in [-0.4, -0.2) is 61.2 Å². The van der Waals surface area contributed by atoms with E-state index in [0.29, 0.717) is 6.04 Å². The lowest BCUT2D eigenvalue weighted by Crippen LogP contribution is -2.43. The summed E-state index contributed by atoms with van der Waals surface area (Å²) >= 11 is 0. The van der Waals surface area contributed by atoms with E-state index in [1.807, 2.05) is 31.3 Å². The minimum absolute atomic E-state index is 0. The Balaban J connectivity index is 0.00000306. The van der Waals surface area contributed by atoms with Crippen molar-refractivity contribution in [1.29, 1.82) is 0 Å². The number of para-hydroxylation sites is 2. The standard InChI is InChI=1S/C25H34N6O.HI/c1-26-25(27-14-8-13-24-29-21-11-3-4-12-22(21)30-24)28-18-23(31-15-5-6-16-31)19-9-7-10-20(17-19)32-2;/h3-4,7,9-12,17,23H,5-6,8,13-16,18H2,1-2H3,(H,29,30)(H2,26,27,28);1H. The van der Waals surface area contributed by atoms with Gasteiger partial charge in [0.05, 0.1) is 24.2 Å². The van der Waals surface area contributed by atoms with Crippen molar-refractivity contribution in [3.63, 3.8) is 0 Å². The summed E-state index contributed by atoms with van der Waals surface area (Å²) in [7, 11) is 3.55. The number of guanidine groups is 1. The number of benzene rings is 2. The molecule has 0 amide bonds. The van der Waals surface area contributed by atoms with Crippen molar-refractivity contribution in [1.82, 2.24) is 25.5 Å². The highest BCUT2D eigenvalue weighted by atomic mass is 127. The number of aryl methyl sites for hydroxylation is 1. The number of halogens is 1. The number of fused-ring (bicyclic) bond motifs is 1. The molecule has 0 bridgehead atoms. The highest BCUT2D eigenvalue weighted by Gasteiger charge is 2.24. The molecular formula is C25H35IN6O. The number of likely N-dealkylation sites (tertiary alicyclic amines) is 1. The summed E-state index contributed by atoms with van der Waals surface area (Å²) < 4.78 is 5.45. The molecule has 1 unspecified atom stereocenters. The van der Waals surface area contributed by atoms with Crippen molar-refractivity contribution in [2.45, 2.75) is 31.7 Å². The summed E-state index contributed by atoms with van der Waals surface area (Å²) in [5.41, 5.74) is 3.40. The van der Waals surface area contributed by atoms with E-state index in [1.54, 1.807) is 7.11 Å². The number of nitrogens with one attached hydrogen (secondary N) is 3. The summed E-state index contributed by atoms with van der Waals surface area (Å²) in [6.07, 6.45) is 4.40. The van der Waals surface area contributed by atoms with Gasteiger partial charge in [0.15, 0.2) is 5.96 Å². The molecule has 0 aliphatic carbocycles. The van der Waals surface area contributed by atoms with Crippen LogP contribution in [0, 0.1) is 0 Å². The van der Waals surface area contributed by atoms with Gasteiger partial charge in [0.2, 0.25) is 0 Å². The molecule has 8 heteroatoms. The van der Waals surface area contributed by atoms with Gasteiger partial charge in [-0.3, -0.25) is 9.89 Å². The number of methoxy groups -OCH3 is 1. The van der Waals surface area contributed by atoms with Crippen LogP contribution in [0.4, 0.5) is 0 Å². The fourth-order valence-electron chi connectivity index (χ4n) is 4.36. The lowest BCUT2D eigenvalue weighted by atomic mass is 10.1. The van der Waals surface area contributed by atoms with Crippen LogP contribution < -0.4 is 15.4 Å². The maximum atomic E-state index is 5.45. The van der Waals surface area contributed by atoms with Gasteiger partial charge in [-0.25, -0.2) is 4.98 Å². The Kier molecular flexibility index (Phi) is 9.80. The maximum Gasteiger partial charge on any atom is 0.191 e. The molecule has 1 aliphatic heterocycles. The van der Waals surface area contributed by atoms with Crippen LogP contribution in [-0.2, 0) is 6.42 Å². The summed E-state index contributed by atoms with van der Waals surface area (Å²) in [4.78, 5) is 15.0. The maximum absolute atomic E-state index is 5.45. The number of hydrogen-bond donors (Lipinski definition) is 3. The van der Waals surface area contributed by atoms with Gasteiger partial charge in [-0.05, 0) is 62.2 Å². The summed E-state index contributed by atoms with van der Waals surface area (Å²) in [5, 5.41) is 6.98. The van der Waals surface area contributed by atoms with Crippen molar-refractivity contribution in [2.75, 3.05) is 40.3 Å². The first-order valence-corrected chi connectivity index (χ1v) is 11.5. The van der Waals surface area contributed by atoms with Crippen molar-refractivity contribution in [2.24, 2.45) is 4.99 Å². The van der Waals surface area contributed by atoms with Gasteiger partial charge < -0.3 is 20.4 Å². The van der Waals surface area contributed by atoms with E-state index in [4.69, 9.17) is 4.74 Å². The summed E-state index contributed by atoms with van der Waals surface area (Å²) in [6.45, 7) is 3.90. The number of aliphatic imine (C=N–C) groups is 1. The first-order valence-electron chi connectivity index (χ1n) is 11.5. The van der Waals surface area contributed by atoms with Gasteiger partial charge in [-0.1, -0.05) is 24.3 Å². The van der Waals surface area contributed by atoms with Gasteiger partial charge in [0, 0.05) is 26.6 Å². The first-order chi connectivity index (χ1) is 15.8. The second-order valence-electron chi connectivity index (χ2n) is 8.22. The summed E-state index contributed by atoms with van der Waals surface area (Å²) in [6, 6.07) is 16.9. The van der Waals surface area contributed by atoms with Crippen LogP contribution in [0.15, 0.2) is 53.5 Å². The molecule has 4 rings (SSSR count). The Morgan fingerprint density at radius 2 is 1.97 bits per heavy atom. The molecule has 1 aromatic heterocycles. The molecule has 1 aliphatic rings. The summed E-state index contributed by atoms with van der Waals surface area (Å²) in [5.74, 6) is 2.77. The normalized spacial score (nSPS) is 15.3. The molecule has 1 atom stereocenters. The molecule has 2 aromatic carbocycles. The van der Waals surface area contributed by atoms with E-state index >= 15 is 0 Å². The Labute approximate surface area is 213 Å². The van der Waals surface area contributed by atoms with Gasteiger partial charge >= 0.3 is 0 Å². The smallest absolute Gasteiger partial charge is 0.191 e. The Hall–Kier alpha value is -2.33. The van der Waals surface area contributed by atoms with Crippen LogP contribution in [0.25, 0.3) is 11.0 Å². The molecule has 3 N–H and O–H groups in total. The number of imidazole rings is 1. The van der Waals surface area contributed by atoms with Crippen LogP contribution in [0.2, 0.25) is 0 Å². The Morgan fingerprint density at radius 3 is 2.73 bits per heavy atom. The SMILES string of the molecule is CN=C(NCCCc1nc2ccccc2[nH]1)NCC(c1cccc(OC)c1)N1CCCC1.I. The van der Waals surface area contributed by atoms with Crippen molar-refractivity contribution in [3.8, 4) is 5.75 Å². The second-order valence-corrected chi connectivity index (χ2v) is 8.22. The molecule has 1 saturated heterocycles. The van der Waals surface area contributed by atoms with Gasteiger partial charge in [0.25, 0.3) is 0 Å². The quantitative estimate of drug-likeness (QED) is 0.158. The average Bonchev–Trinajstić information content (AvgIpc) is 3.50. The third kappa shape index (κ3) is 6.83. The molecule has 178 valence electrons. The molecule has 7 nitrogen and oxygen atoms in total. The fourth-order valence-corrected chi connectivity index (χ4v) is 4.36. The number of rotatable bonds is 9. The zero-order valence-electron chi connectivity index (χ0n) is 19.5. The number of nitrogens with zero attached hydrogens (tertiary/aromatic N) is 3. The average molecular weight is 563 g/mol. The molecule has 33 heavy (non-hydrogen) atoms. The number of hydrogen-bond acceptors (Lipinski definition) is 4. The minimum atomic E-state index is 0. The predicted molar refractivity (Wildman–Crippen MR) is 146 cm³/mol. The van der Waals surface area contributed by atoms with E-state index in [2.05, 4.69) is 54.8 Å². The van der Waals surface area contributed by atoms with E-state index in [-0.39, 0.29) is 24.0 Å². The molecular weight excluding hydrogens is 527 g/mol. The van der Waals surface area contributed by atoms with Crippen LogP contribution >= 0.6 is 24.0 Å². The van der Waals surface area contributed by atoms with Crippen LogP contribution in [0.5, 0.6) is 5.75 Å².